The molecule has 0 atom stereocenters. The third-order valence-corrected chi connectivity index (χ3v) is 4.97. The SMILES string of the molecule is CC(C)CCCNS(=O)(=O)c1cc(C(=O)O)n(C2CC2)c1. The quantitative estimate of drug-likeness (QED) is 0.720. The number of nitrogens with one attached hydrogen (secondary N) is 1. The first-order chi connectivity index (χ1) is 9.81. The van der Waals surface area contributed by atoms with E-state index in [9.17, 15) is 13.2 Å². The number of aromatic nitrogens is 1. The van der Waals surface area contributed by atoms with Gasteiger partial charge in [-0.25, -0.2) is 17.9 Å². The van der Waals surface area contributed by atoms with Crippen LogP contribution in [0.25, 0.3) is 0 Å². The van der Waals surface area contributed by atoms with E-state index in [-0.39, 0.29) is 16.6 Å². The molecule has 6 nitrogen and oxygen atoms in total. The summed E-state index contributed by atoms with van der Waals surface area (Å²) in [4.78, 5) is 11.2. The normalized spacial score (nSPS) is 15.6. The molecule has 1 heterocycles. The van der Waals surface area contributed by atoms with Gasteiger partial charge in [-0.2, -0.15) is 0 Å². The minimum Gasteiger partial charge on any atom is -0.477 e. The molecule has 1 saturated carbocycles. The van der Waals surface area contributed by atoms with Crippen LogP contribution in [0.1, 0.15) is 56.1 Å². The van der Waals surface area contributed by atoms with E-state index in [0.29, 0.717) is 12.5 Å². The minimum atomic E-state index is -3.63. The Morgan fingerprint density at radius 2 is 2.14 bits per heavy atom. The average Bonchev–Trinajstić information content (AvgIpc) is 3.12. The molecule has 118 valence electrons. The predicted molar refractivity (Wildman–Crippen MR) is 78.9 cm³/mol. The van der Waals surface area contributed by atoms with Crippen LogP contribution in [0.4, 0.5) is 0 Å². The van der Waals surface area contributed by atoms with Gasteiger partial charge in [0.15, 0.2) is 0 Å². The van der Waals surface area contributed by atoms with Crippen molar-refractivity contribution in [1.29, 1.82) is 0 Å². The topological polar surface area (TPSA) is 88.4 Å². The van der Waals surface area contributed by atoms with Gasteiger partial charge in [0.1, 0.15) is 10.6 Å². The lowest BCUT2D eigenvalue weighted by atomic mass is 10.1. The summed E-state index contributed by atoms with van der Waals surface area (Å²) < 4.78 is 28.5. The Bertz CT molecular complexity index is 615. The van der Waals surface area contributed by atoms with Crippen LogP contribution in [-0.2, 0) is 10.0 Å². The first kappa shape index (κ1) is 16.0. The van der Waals surface area contributed by atoms with E-state index < -0.39 is 16.0 Å². The second-order valence-corrected chi connectivity index (χ2v) is 7.71. The minimum absolute atomic E-state index is 0.0383. The molecule has 2 N–H and O–H groups in total. The van der Waals surface area contributed by atoms with E-state index in [1.54, 1.807) is 4.57 Å². The highest BCUT2D eigenvalue weighted by Gasteiger charge is 2.30. The number of hydrogen-bond acceptors (Lipinski definition) is 3. The molecule has 0 saturated heterocycles. The molecule has 1 aliphatic rings. The predicted octanol–water partition coefficient (Wildman–Crippen LogP) is 2.24. The van der Waals surface area contributed by atoms with Gasteiger partial charge in [0.25, 0.3) is 0 Å². The zero-order valence-electron chi connectivity index (χ0n) is 12.4. The second-order valence-electron chi connectivity index (χ2n) is 5.94. The number of carboxylic acids is 1. The van der Waals surface area contributed by atoms with Gasteiger partial charge in [-0.1, -0.05) is 13.8 Å². The average molecular weight is 314 g/mol. The third-order valence-electron chi connectivity index (χ3n) is 3.54. The second kappa shape index (κ2) is 6.19. The van der Waals surface area contributed by atoms with Crippen molar-refractivity contribution in [3.8, 4) is 0 Å². The van der Waals surface area contributed by atoms with E-state index >= 15 is 0 Å². The Balaban J connectivity index is 2.09. The van der Waals surface area contributed by atoms with Crippen LogP contribution in [0.2, 0.25) is 0 Å². The van der Waals surface area contributed by atoms with Gasteiger partial charge >= 0.3 is 5.97 Å². The molecule has 1 aliphatic carbocycles. The number of nitrogens with zero attached hydrogens (tertiary/aromatic N) is 1. The monoisotopic (exact) mass is 314 g/mol. The van der Waals surface area contributed by atoms with Crippen molar-refractivity contribution in [2.45, 2.75) is 50.5 Å². The number of aromatic carboxylic acids is 1. The highest BCUT2D eigenvalue weighted by Crippen LogP contribution is 2.37. The molecule has 0 aromatic carbocycles. The van der Waals surface area contributed by atoms with Crippen LogP contribution >= 0.6 is 0 Å². The highest BCUT2D eigenvalue weighted by atomic mass is 32.2. The first-order valence-electron chi connectivity index (χ1n) is 7.26. The van der Waals surface area contributed by atoms with Crippen molar-refractivity contribution in [3.05, 3.63) is 18.0 Å². The molecule has 21 heavy (non-hydrogen) atoms. The number of rotatable bonds is 8. The van der Waals surface area contributed by atoms with Crippen LogP contribution in [0.3, 0.4) is 0 Å². The lowest BCUT2D eigenvalue weighted by Crippen LogP contribution is -2.24. The molecule has 1 aromatic rings. The van der Waals surface area contributed by atoms with Crippen molar-refractivity contribution in [1.82, 2.24) is 9.29 Å². The Labute approximate surface area is 125 Å². The van der Waals surface area contributed by atoms with Crippen LogP contribution < -0.4 is 4.72 Å². The Morgan fingerprint density at radius 3 is 2.67 bits per heavy atom. The number of carboxylic acid groups (broad SMARTS) is 1. The summed E-state index contributed by atoms with van der Waals surface area (Å²) in [5.41, 5.74) is 0.0417. The van der Waals surface area contributed by atoms with Gasteiger partial charge in [0, 0.05) is 18.8 Å². The van der Waals surface area contributed by atoms with E-state index in [0.717, 1.165) is 25.7 Å². The van der Waals surface area contributed by atoms with Gasteiger partial charge in [-0.3, -0.25) is 0 Å². The van der Waals surface area contributed by atoms with Gasteiger partial charge < -0.3 is 9.67 Å². The largest absolute Gasteiger partial charge is 0.477 e. The summed E-state index contributed by atoms with van der Waals surface area (Å²) in [5.74, 6) is -0.563. The molecule has 7 heteroatoms. The van der Waals surface area contributed by atoms with E-state index in [2.05, 4.69) is 18.6 Å². The lowest BCUT2D eigenvalue weighted by molar-refractivity contribution is 0.0685. The molecule has 0 radical (unpaired) electrons. The Morgan fingerprint density at radius 1 is 1.48 bits per heavy atom. The molecule has 0 amide bonds. The van der Waals surface area contributed by atoms with Crippen LogP contribution in [0.15, 0.2) is 17.2 Å². The number of hydrogen-bond donors (Lipinski definition) is 2. The van der Waals surface area contributed by atoms with Crippen molar-refractivity contribution in [2.75, 3.05) is 6.54 Å². The molecular formula is C14H22N2O4S. The summed E-state index contributed by atoms with van der Waals surface area (Å²) in [6.45, 7) is 4.55. The summed E-state index contributed by atoms with van der Waals surface area (Å²) in [7, 11) is -3.63. The van der Waals surface area contributed by atoms with Crippen molar-refractivity contribution < 1.29 is 18.3 Å². The van der Waals surface area contributed by atoms with E-state index in [4.69, 9.17) is 5.11 Å². The van der Waals surface area contributed by atoms with Crippen LogP contribution in [0.5, 0.6) is 0 Å². The highest BCUT2D eigenvalue weighted by molar-refractivity contribution is 7.89. The fourth-order valence-electron chi connectivity index (χ4n) is 2.23. The maximum absolute atomic E-state index is 12.2. The fourth-order valence-corrected chi connectivity index (χ4v) is 3.33. The molecule has 1 fully saturated rings. The molecule has 0 spiro atoms. The number of carbonyl (C=O) groups is 1. The standard InChI is InChI=1S/C14H22N2O4S/c1-10(2)4-3-7-15-21(19,20)12-8-13(14(17)18)16(9-12)11-5-6-11/h8-11,15H,3-7H2,1-2H3,(H,17,18). The van der Waals surface area contributed by atoms with E-state index in [1.165, 1.54) is 12.3 Å². The third kappa shape index (κ3) is 4.07. The van der Waals surface area contributed by atoms with Crippen molar-refractivity contribution in [3.63, 3.8) is 0 Å². The molecule has 0 unspecified atom stereocenters. The summed E-state index contributed by atoms with van der Waals surface area (Å²) in [6.07, 6.45) is 4.95. The first-order valence-corrected chi connectivity index (χ1v) is 8.74. The van der Waals surface area contributed by atoms with Gasteiger partial charge in [-0.15, -0.1) is 0 Å². The molecule has 0 aliphatic heterocycles. The Kier molecular flexibility index (Phi) is 4.73. The zero-order chi connectivity index (χ0) is 15.6. The van der Waals surface area contributed by atoms with Crippen LogP contribution in [-0.4, -0.2) is 30.6 Å². The zero-order valence-corrected chi connectivity index (χ0v) is 13.2. The van der Waals surface area contributed by atoms with Crippen molar-refractivity contribution >= 4 is 16.0 Å². The fraction of sp³-hybridized carbons (Fsp3) is 0.643. The lowest BCUT2D eigenvalue weighted by Gasteiger charge is -2.06. The summed E-state index contributed by atoms with van der Waals surface area (Å²) >= 11 is 0. The van der Waals surface area contributed by atoms with E-state index in [1.807, 2.05) is 0 Å². The smallest absolute Gasteiger partial charge is 0.352 e. The van der Waals surface area contributed by atoms with Gasteiger partial charge in [-0.05, 0) is 37.7 Å². The summed E-state index contributed by atoms with van der Waals surface area (Å²) in [5, 5.41) is 9.16. The van der Waals surface area contributed by atoms with Gasteiger partial charge in [0.05, 0.1) is 0 Å². The molecule has 1 aromatic heterocycles. The molecular weight excluding hydrogens is 292 g/mol. The maximum atomic E-state index is 12.2. The van der Waals surface area contributed by atoms with Gasteiger partial charge in [0.2, 0.25) is 10.0 Å². The maximum Gasteiger partial charge on any atom is 0.352 e. The van der Waals surface area contributed by atoms with Crippen molar-refractivity contribution in [2.24, 2.45) is 5.92 Å². The molecule has 0 bridgehead atoms. The molecule has 2 rings (SSSR count). The van der Waals surface area contributed by atoms with Crippen LogP contribution in [0, 0.1) is 5.92 Å². The number of sulfonamides is 1. The summed E-state index contributed by atoms with van der Waals surface area (Å²) in [6, 6.07) is 1.37. The Hall–Kier alpha value is -1.34.